The summed E-state index contributed by atoms with van der Waals surface area (Å²) in [5, 5.41) is 12.0. The van der Waals surface area contributed by atoms with Crippen LogP contribution in [0.5, 0.6) is 0 Å². The van der Waals surface area contributed by atoms with Gasteiger partial charge in [-0.1, -0.05) is 29.8 Å². The number of aliphatic hydroxyl groups excluding tert-OH is 1. The summed E-state index contributed by atoms with van der Waals surface area (Å²) in [6.07, 6.45) is 4.75. The SMILES string of the molecule is Cc1ccc(C)c(SCC(=O)N[C@@H]2C=C[C@H](CO)C2)c1. The molecule has 1 aliphatic carbocycles. The largest absolute Gasteiger partial charge is 0.396 e. The average molecular weight is 291 g/mol. The predicted molar refractivity (Wildman–Crippen MR) is 82.9 cm³/mol. The molecule has 0 spiro atoms. The lowest BCUT2D eigenvalue weighted by Crippen LogP contribution is -2.34. The Morgan fingerprint density at radius 3 is 2.90 bits per heavy atom. The van der Waals surface area contributed by atoms with E-state index in [4.69, 9.17) is 5.11 Å². The molecule has 1 aromatic rings. The third-order valence-electron chi connectivity index (χ3n) is 3.46. The van der Waals surface area contributed by atoms with Crippen LogP contribution in [0.2, 0.25) is 0 Å². The van der Waals surface area contributed by atoms with E-state index in [1.165, 1.54) is 11.1 Å². The van der Waals surface area contributed by atoms with E-state index in [0.717, 1.165) is 11.3 Å². The molecule has 1 aromatic carbocycles. The third-order valence-corrected chi connectivity index (χ3v) is 4.61. The van der Waals surface area contributed by atoms with Gasteiger partial charge in [0.15, 0.2) is 0 Å². The first kappa shape index (κ1) is 15.1. The van der Waals surface area contributed by atoms with Crippen molar-refractivity contribution < 1.29 is 9.90 Å². The quantitative estimate of drug-likeness (QED) is 0.647. The maximum atomic E-state index is 11.9. The highest BCUT2D eigenvalue weighted by Gasteiger charge is 2.19. The number of nitrogens with one attached hydrogen (secondary N) is 1. The van der Waals surface area contributed by atoms with E-state index in [-0.39, 0.29) is 24.5 Å². The second-order valence-corrected chi connectivity index (χ2v) is 6.31. The Hall–Kier alpha value is -1.26. The second-order valence-electron chi connectivity index (χ2n) is 5.29. The van der Waals surface area contributed by atoms with Crippen LogP contribution in [-0.2, 0) is 4.79 Å². The van der Waals surface area contributed by atoms with Gasteiger partial charge in [0, 0.05) is 23.5 Å². The Balaban J connectivity index is 1.81. The van der Waals surface area contributed by atoms with Crippen molar-refractivity contribution in [3.63, 3.8) is 0 Å². The molecule has 0 unspecified atom stereocenters. The normalized spacial score (nSPS) is 21.1. The van der Waals surface area contributed by atoms with Crippen molar-refractivity contribution in [2.45, 2.75) is 31.2 Å². The molecule has 2 rings (SSSR count). The van der Waals surface area contributed by atoms with E-state index in [1.807, 2.05) is 12.2 Å². The van der Waals surface area contributed by atoms with Crippen LogP contribution in [-0.4, -0.2) is 29.4 Å². The van der Waals surface area contributed by atoms with E-state index >= 15 is 0 Å². The lowest BCUT2D eigenvalue weighted by Gasteiger charge is -2.13. The van der Waals surface area contributed by atoms with Crippen LogP contribution >= 0.6 is 11.8 Å². The van der Waals surface area contributed by atoms with Crippen LogP contribution in [0, 0.1) is 19.8 Å². The summed E-state index contributed by atoms with van der Waals surface area (Å²) in [4.78, 5) is 13.1. The Morgan fingerprint density at radius 2 is 2.20 bits per heavy atom. The fraction of sp³-hybridized carbons (Fsp3) is 0.438. The van der Waals surface area contributed by atoms with Crippen LogP contribution < -0.4 is 5.32 Å². The van der Waals surface area contributed by atoms with Gasteiger partial charge in [0.05, 0.1) is 5.75 Å². The molecular formula is C16H21NO2S. The first-order valence-corrected chi connectivity index (χ1v) is 7.85. The van der Waals surface area contributed by atoms with Crippen LogP contribution in [0.4, 0.5) is 0 Å². The molecule has 0 saturated carbocycles. The molecule has 2 atom stereocenters. The number of rotatable bonds is 5. The molecule has 0 heterocycles. The van der Waals surface area contributed by atoms with Crippen molar-refractivity contribution in [2.24, 2.45) is 5.92 Å². The molecule has 2 N–H and O–H groups in total. The lowest BCUT2D eigenvalue weighted by molar-refractivity contribution is -0.119. The zero-order valence-electron chi connectivity index (χ0n) is 11.9. The molecule has 20 heavy (non-hydrogen) atoms. The zero-order chi connectivity index (χ0) is 14.5. The molecule has 0 aromatic heterocycles. The minimum atomic E-state index is 0.0455. The minimum Gasteiger partial charge on any atom is -0.396 e. The number of carbonyl (C=O) groups excluding carboxylic acids is 1. The second kappa shape index (κ2) is 6.95. The van der Waals surface area contributed by atoms with Crippen molar-refractivity contribution in [3.05, 3.63) is 41.5 Å². The smallest absolute Gasteiger partial charge is 0.230 e. The highest BCUT2D eigenvalue weighted by atomic mass is 32.2. The van der Waals surface area contributed by atoms with Gasteiger partial charge in [-0.25, -0.2) is 0 Å². The van der Waals surface area contributed by atoms with Crippen molar-refractivity contribution in [1.29, 1.82) is 0 Å². The molecule has 3 nitrogen and oxygen atoms in total. The standard InChI is InChI=1S/C16H21NO2S/c1-11-3-4-12(2)15(7-11)20-10-16(19)17-14-6-5-13(8-14)9-18/h3-7,13-14,18H,8-10H2,1-2H3,(H,17,19)/t13-,14+/m0/s1. The van der Waals surface area contributed by atoms with Gasteiger partial charge < -0.3 is 10.4 Å². The van der Waals surface area contributed by atoms with Crippen molar-refractivity contribution in [3.8, 4) is 0 Å². The first-order valence-electron chi connectivity index (χ1n) is 6.87. The highest BCUT2D eigenvalue weighted by Crippen LogP contribution is 2.23. The fourth-order valence-electron chi connectivity index (χ4n) is 2.27. The molecule has 0 fully saturated rings. The summed E-state index contributed by atoms with van der Waals surface area (Å²) in [7, 11) is 0. The summed E-state index contributed by atoms with van der Waals surface area (Å²) < 4.78 is 0. The van der Waals surface area contributed by atoms with Gasteiger partial charge in [-0.3, -0.25) is 4.79 Å². The third kappa shape index (κ3) is 4.12. The van der Waals surface area contributed by atoms with Crippen LogP contribution in [0.15, 0.2) is 35.2 Å². The first-order chi connectivity index (χ1) is 9.58. The highest BCUT2D eigenvalue weighted by molar-refractivity contribution is 8.00. The van der Waals surface area contributed by atoms with E-state index in [9.17, 15) is 4.79 Å². The molecule has 108 valence electrons. The molecule has 1 aliphatic rings. The van der Waals surface area contributed by atoms with Gasteiger partial charge in [-0.2, -0.15) is 0 Å². The Kier molecular flexibility index (Phi) is 5.26. The van der Waals surface area contributed by atoms with Crippen molar-refractivity contribution >= 4 is 17.7 Å². The molecule has 1 amide bonds. The van der Waals surface area contributed by atoms with E-state index < -0.39 is 0 Å². The van der Waals surface area contributed by atoms with E-state index in [0.29, 0.717) is 5.75 Å². The Morgan fingerprint density at radius 1 is 1.40 bits per heavy atom. The van der Waals surface area contributed by atoms with E-state index in [1.54, 1.807) is 11.8 Å². The van der Waals surface area contributed by atoms with Gasteiger partial charge in [0.1, 0.15) is 0 Å². The van der Waals surface area contributed by atoms with Crippen LogP contribution in [0.25, 0.3) is 0 Å². The lowest BCUT2D eigenvalue weighted by atomic mass is 10.1. The number of carbonyl (C=O) groups is 1. The van der Waals surface area contributed by atoms with Gasteiger partial charge in [0.25, 0.3) is 0 Å². The summed E-state index contributed by atoms with van der Waals surface area (Å²) in [5.41, 5.74) is 2.41. The zero-order valence-corrected chi connectivity index (χ0v) is 12.7. The number of hydrogen-bond donors (Lipinski definition) is 2. The summed E-state index contributed by atoms with van der Waals surface area (Å²) in [6.45, 7) is 4.27. The molecule has 0 bridgehead atoms. The summed E-state index contributed by atoms with van der Waals surface area (Å²) in [5.74, 6) is 0.662. The van der Waals surface area contributed by atoms with Gasteiger partial charge in [0.2, 0.25) is 5.91 Å². The van der Waals surface area contributed by atoms with Gasteiger partial charge >= 0.3 is 0 Å². The number of aliphatic hydroxyl groups is 1. The minimum absolute atomic E-state index is 0.0455. The average Bonchev–Trinajstić information content (AvgIpc) is 2.87. The molecule has 0 radical (unpaired) electrons. The number of benzene rings is 1. The van der Waals surface area contributed by atoms with Gasteiger partial charge in [-0.05, 0) is 31.9 Å². The van der Waals surface area contributed by atoms with E-state index in [2.05, 4.69) is 37.4 Å². The monoisotopic (exact) mass is 291 g/mol. The van der Waals surface area contributed by atoms with Crippen molar-refractivity contribution in [1.82, 2.24) is 5.32 Å². The number of amides is 1. The predicted octanol–water partition coefficient (Wildman–Crippen LogP) is 2.45. The van der Waals surface area contributed by atoms with Crippen molar-refractivity contribution in [2.75, 3.05) is 12.4 Å². The Labute approximate surface area is 124 Å². The van der Waals surface area contributed by atoms with Gasteiger partial charge in [-0.15, -0.1) is 11.8 Å². The Bertz CT molecular complexity index is 513. The topological polar surface area (TPSA) is 49.3 Å². The number of hydrogen-bond acceptors (Lipinski definition) is 3. The summed E-state index contributed by atoms with van der Waals surface area (Å²) in [6, 6.07) is 6.35. The maximum absolute atomic E-state index is 11.9. The molecular weight excluding hydrogens is 270 g/mol. The number of thioether (sulfide) groups is 1. The fourth-order valence-corrected chi connectivity index (χ4v) is 3.21. The number of aryl methyl sites for hydroxylation is 2. The molecule has 0 saturated heterocycles. The van der Waals surface area contributed by atoms with Crippen LogP contribution in [0.1, 0.15) is 17.5 Å². The molecule has 0 aliphatic heterocycles. The maximum Gasteiger partial charge on any atom is 0.230 e. The summed E-state index contributed by atoms with van der Waals surface area (Å²) >= 11 is 1.57. The molecule has 4 heteroatoms. The van der Waals surface area contributed by atoms with Crippen LogP contribution in [0.3, 0.4) is 0 Å².